The van der Waals surface area contributed by atoms with Crippen molar-refractivity contribution >= 4 is 22.9 Å². The molecule has 0 aliphatic carbocycles. The van der Waals surface area contributed by atoms with Gasteiger partial charge in [-0.2, -0.15) is 9.97 Å². The van der Waals surface area contributed by atoms with Crippen molar-refractivity contribution < 1.29 is 0 Å². The van der Waals surface area contributed by atoms with Gasteiger partial charge in [-0.05, 0) is 25.0 Å². The zero-order chi connectivity index (χ0) is 18.9. The van der Waals surface area contributed by atoms with E-state index in [1.54, 1.807) is 6.33 Å². The highest BCUT2D eigenvalue weighted by Crippen LogP contribution is 2.31. The van der Waals surface area contributed by atoms with E-state index in [4.69, 9.17) is 5.73 Å². The summed E-state index contributed by atoms with van der Waals surface area (Å²) in [4.78, 5) is 27.4. The Balaban J connectivity index is 1.42. The maximum atomic E-state index is 5.90. The molecule has 1 aliphatic rings. The molecule has 0 aromatic carbocycles. The van der Waals surface area contributed by atoms with E-state index in [0.717, 1.165) is 55.3 Å². The molecule has 0 amide bonds. The molecule has 4 aromatic heterocycles. The topological polar surface area (TPSA) is 114 Å². The lowest BCUT2D eigenvalue weighted by Crippen LogP contribution is -2.36. The lowest BCUT2D eigenvalue weighted by Gasteiger charge is -2.33. The standard InChI is InChI=1S/C19H21N9/c20-19-25-16-15(23-12-24-16)18(26-19)27-8-3-4-13(10-27)17-22-7-9-28(17)11-14-5-1-2-6-21-14/h1-2,5-7,9,12-13H,3-4,8,10-11H2,(H3,20,23,24,25,26)/t13-/m1/s1. The molecule has 9 nitrogen and oxygen atoms in total. The second-order valence-corrected chi connectivity index (χ2v) is 7.03. The summed E-state index contributed by atoms with van der Waals surface area (Å²) in [6.07, 6.45) is 9.49. The van der Waals surface area contributed by atoms with E-state index >= 15 is 0 Å². The first-order valence-corrected chi connectivity index (χ1v) is 9.40. The molecule has 0 radical (unpaired) electrons. The number of hydrogen-bond donors (Lipinski definition) is 2. The number of H-pyrrole nitrogens is 1. The Kier molecular flexibility index (Phi) is 4.12. The van der Waals surface area contributed by atoms with Gasteiger partial charge in [0.15, 0.2) is 11.5 Å². The van der Waals surface area contributed by atoms with Crippen LogP contribution in [0.15, 0.2) is 43.1 Å². The molecule has 1 aliphatic heterocycles. The van der Waals surface area contributed by atoms with Crippen molar-refractivity contribution in [2.24, 2.45) is 0 Å². The largest absolute Gasteiger partial charge is 0.368 e. The van der Waals surface area contributed by atoms with Gasteiger partial charge in [0.05, 0.1) is 18.6 Å². The zero-order valence-corrected chi connectivity index (χ0v) is 15.4. The number of aromatic amines is 1. The third kappa shape index (κ3) is 3.04. The molecule has 3 N–H and O–H groups in total. The normalized spacial score (nSPS) is 17.3. The Hall–Kier alpha value is -3.49. The first kappa shape index (κ1) is 16.7. The third-order valence-electron chi connectivity index (χ3n) is 5.18. The fourth-order valence-corrected chi connectivity index (χ4v) is 3.92. The van der Waals surface area contributed by atoms with Gasteiger partial charge < -0.3 is 20.2 Å². The van der Waals surface area contributed by atoms with Crippen molar-refractivity contribution in [2.75, 3.05) is 23.7 Å². The third-order valence-corrected chi connectivity index (χ3v) is 5.18. The number of rotatable bonds is 4. The second-order valence-electron chi connectivity index (χ2n) is 7.03. The number of fused-ring (bicyclic) bond motifs is 1. The predicted octanol–water partition coefficient (Wildman–Crippen LogP) is 1.96. The maximum absolute atomic E-state index is 5.90. The molecule has 1 saturated heterocycles. The molecule has 5 rings (SSSR count). The van der Waals surface area contributed by atoms with Crippen molar-refractivity contribution in [2.45, 2.75) is 25.3 Å². The van der Waals surface area contributed by atoms with Gasteiger partial charge in [-0.25, -0.2) is 9.97 Å². The number of nitrogens with zero attached hydrogens (tertiary/aromatic N) is 7. The Morgan fingerprint density at radius 3 is 3.00 bits per heavy atom. The van der Waals surface area contributed by atoms with Gasteiger partial charge in [0.25, 0.3) is 0 Å². The SMILES string of the molecule is Nc1nc(N2CCC[C@@H](c3nccn3Cc3ccccn3)C2)c2[nH]cnc2n1. The minimum atomic E-state index is 0.244. The first-order chi connectivity index (χ1) is 13.8. The maximum Gasteiger partial charge on any atom is 0.224 e. The van der Waals surface area contributed by atoms with Gasteiger partial charge in [-0.15, -0.1) is 0 Å². The summed E-state index contributed by atoms with van der Waals surface area (Å²) in [5.74, 6) is 2.45. The lowest BCUT2D eigenvalue weighted by molar-refractivity contribution is 0.474. The van der Waals surface area contributed by atoms with Gasteiger partial charge in [-0.1, -0.05) is 6.07 Å². The average molecular weight is 375 g/mol. The van der Waals surface area contributed by atoms with Crippen LogP contribution in [0, 0.1) is 0 Å². The van der Waals surface area contributed by atoms with Crippen LogP contribution in [-0.4, -0.2) is 47.6 Å². The summed E-state index contributed by atoms with van der Waals surface area (Å²) in [6.45, 7) is 2.46. The Bertz CT molecular complexity index is 1090. The van der Waals surface area contributed by atoms with Crippen molar-refractivity contribution in [3.05, 3.63) is 54.6 Å². The zero-order valence-electron chi connectivity index (χ0n) is 15.4. The van der Waals surface area contributed by atoms with Crippen LogP contribution in [0.3, 0.4) is 0 Å². The van der Waals surface area contributed by atoms with Crippen LogP contribution in [0.2, 0.25) is 0 Å². The average Bonchev–Trinajstić information content (AvgIpc) is 3.37. The summed E-state index contributed by atoms with van der Waals surface area (Å²) in [5.41, 5.74) is 8.35. The van der Waals surface area contributed by atoms with Crippen LogP contribution in [0.1, 0.15) is 30.3 Å². The first-order valence-electron chi connectivity index (χ1n) is 9.40. The monoisotopic (exact) mass is 375 g/mol. The van der Waals surface area contributed by atoms with Crippen LogP contribution in [0.25, 0.3) is 11.2 Å². The highest BCUT2D eigenvalue weighted by atomic mass is 15.2. The highest BCUT2D eigenvalue weighted by Gasteiger charge is 2.27. The molecule has 0 bridgehead atoms. The predicted molar refractivity (Wildman–Crippen MR) is 106 cm³/mol. The molecule has 5 heterocycles. The van der Waals surface area contributed by atoms with E-state index in [9.17, 15) is 0 Å². The summed E-state index contributed by atoms with van der Waals surface area (Å²) < 4.78 is 2.19. The molecule has 0 saturated carbocycles. The van der Waals surface area contributed by atoms with E-state index < -0.39 is 0 Å². The van der Waals surface area contributed by atoms with Gasteiger partial charge >= 0.3 is 0 Å². The second kappa shape index (κ2) is 6.91. The van der Waals surface area contributed by atoms with E-state index in [2.05, 4.69) is 39.4 Å². The highest BCUT2D eigenvalue weighted by molar-refractivity contribution is 5.84. The Morgan fingerprint density at radius 1 is 1.14 bits per heavy atom. The molecular formula is C19H21N9. The molecule has 9 heteroatoms. The number of nitrogens with two attached hydrogens (primary N) is 1. The number of piperidine rings is 1. The summed E-state index contributed by atoms with van der Waals surface area (Å²) >= 11 is 0. The fraction of sp³-hybridized carbons (Fsp3) is 0.316. The van der Waals surface area contributed by atoms with Crippen LogP contribution >= 0.6 is 0 Å². The van der Waals surface area contributed by atoms with E-state index in [1.807, 2.05) is 36.8 Å². The molecular weight excluding hydrogens is 354 g/mol. The Morgan fingerprint density at radius 2 is 2.11 bits per heavy atom. The number of nitrogens with one attached hydrogen (secondary N) is 1. The van der Waals surface area contributed by atoms with Gasteiger partial charge in [0.2, 0.25) is 5.95 Å². The van der Waals surface area contributed by atoms with E-state index in [-0.39, 0.29) is 5.95 Å². The molecule has 0 unspecified atom stereocenters. The molecule has 142 valence electrons. The quantitative estimate of drug-likeness (QED) is 0.560. The molecule has 4 aromatic rings. The van der Waals surface area contributed by atoms with Crippen molar-refractivity contribution in [1.82, 2.24) is 34.5 Å². The van der Waals surface area contributed by atoms with E-state index in [1.165, 1.54) is 0 Å². The van der Waals surface area contributed by atoms with Crippen molar-refractivity contribution in [1.29, 1.82) is 0 Å². The summed E-state index contributed by atoms with van der Waals surface area (Å²) in [6, 6.07) is 5.98. The molecule has 1 atom stereocenters. The van der Waals surface area contributed by atoms with Crippen LogP contribution in [0.4, 0.5) is 11.8 Å². The smallest absolute Gasteiger partial charge is 0.224 e. The Labute approximate surface area is 161 Å². The summed E-state index contributed by atoms with van der Waals surface area (Å²) in [7, 11) is 0. The molecule has 1 fully saturated rings. The van der Waals surface area contributed by atoms with Crippen LogP contribution < -0.4 is 10.6 Å². The van der Waals surface area contributed by atoms with Crippen LogP contribution in [0.5, 0.6) is 0 Å². The number of pyridine rings is 1. The van der Waals surface area contributed by atoms with Crippen molar-refractivity contribution in [3.63, 3.8) is 0 Å². The summed E-state index contributed by atoms with van der Waals surface area (Å²) in [5, 5.41) is 0. The fourth-order valence-electron chi connectivity index (χ4n) is 3.92. The number of imidazole rings is 2. The molecule has 28 heavy (non-hydrogen) atoms. The molecule has 0 spiro atoms. The van der Waals surface area contributed by atoms with Crippen LogP contribution in [-0.2, 0) is 6.54 Å². The van der Waals surface area contributed by atoms with E-state index in [0.29, 0.717) is 11.6 Å². The number of hydrogen-bond acceptors (Lipinski definition) is 7. The minimum Gasteiger partial charge on any atom is -0.368 e. The van der Waals surface area contributed by atoms with Gasteiger partial charge in [0, 0.05) is 37.6 Å². The lowest BCUT2D eigenvalue weighted by atomic mass is 9.97. The minimum absolute atomic E-state index is 0.244. The van der Waals surface area contributed by atoms with Gasteiger partial charge in [-0.3, -0.25) is 4.98 Å². The number of nitrogen functional groups attached to an aromatic ring is 1. The van der Waals surface area contributed by atoms with Crippen molar-refractivity contribution in [3.8, 4) is 0 Å². The number of aromatic nitrogens is 7. The number of anilines is 2. The van der Waals surface area contributed by atoms with Gasteiger partial charge in [0.1, 0.15) is 11.3 Å².